The van der Waals surface area contributed by atoms with Crippen molar-refractivity contribution in [1.82, 2.24) is 0 Å². The van der Waals surface area contributed by atoms with E-state index in [1.807, 2.05) is 0 Å². The summed E-state index contributed by atoms with van der Waals surface area (Å²) in [4.78, 5) is 0. The predicted molar refractivity (Wildman–Crippen MR) is 35.2 cm³/mol. The van der Waals surface area contributed by atoms with Gasteiger partial charge in [-0.2, -0.15) is 0 Å². The number of hydrogen-bond acceptors (Lipinski definition) is 4. The van der Waals surface area contributed by atoms with Crippen LogP contribution < -0.4 is 5.73 Å². The van der Waals surface area contributed by atoms with Gasteiger partial charge in [0, 0.05) is 12.5 Å². The average molecular weight is 147 g/mol. The number of ether oxygens (including phenoxy) is 1. The summed E-state index contributed by atoms with van der Waals surface area (Å²) < 4.78 is 4.89. The lowest BCUT2D eigenvalue weighted by Crippen LogP contribution is -2.51. The van der Waals surface area contributed by atoms with Gasteiger partial charge >= 0.3 is 0 Å². The fourth-order valence-corrected chi connectivity index (χ4v) is 1.10. The van der Waals surface area contributed by atoms with E-state index < -0.39 is 12.4 Å². The van der Waals surface area contributed by atoms with Gasteiger partial charge in [-0.3, -0.25) is 0 Å². The summed E-state index contributed by atoms with van der Waals surface area (Å²) in [5.41, 5.74) is 5.47. The molecule has 4 nitrogen and oxygen atoms in total. The molecule has 0 unspecified atom stereocenters. The molecule has 60 valence electrons. The lowest BCUT2D eigenvalue weighted by molar-refractivity contribution is -0.198. The van der Waals surface area contributed by atoms with E-state index in [4.69, 9.17) is 15.6 Å². The van der Waals surface area contributed by atoms with Gasteiger partial charge in [0.25, 0.3) is 0 Å². The van der Waals surface area contributed by atoms with Crippen LogP contribution in [0.3, 0.4) is 0 Å². The Balaban J connectivity index is 2.49. The summed E-state index contributed by atoms with van der Waals surface area (Å²) in [6.07, 6.45) is -1.51. The summed E-state index contributed by atoms with van der Waals surface area (Å²) in [7, 11) is 0. The molecule has 4 N–H and O–H groups in total. The van der Waals surface area contributed by atoms with Crippen molar-refractivity contribution < 1.29 is 14.9 Å². The summed E-state index contributed by atoms with van der Waals surface area (Å²) in [5, 5.41) is 18.2. The molecule has 0 bridgehead atoms. The third kappa shape index (κ3) is 1.46. The molecule has 0 aromatic heterocycles. The molecule has 4 atom stereocenters. The smallest absolute Gasteiger partial charge is 0.156 e. The highest BCUT2D eigenvalue weighted by atomic mass is 16.6. The Morgan fingerprint density at radius 1 is 1.50 bits per heavy atom. The van der Waals surface area contributed by atoms with Crippen LogP contribution in [-0.4, -0.2) is 34.8 Å². The second kappa shape index (κ2) is 2.84. The van der Waals surface area contributed by atoms with E-state index in [1.165, 1.54) is 0 Å². The number of rotatable bonds is 0. The quantitative estimate of drug-likeness (QED) is 0.402. The first-order chi connectivity index (χ1) is 4.61. The number of aliphatic hydroxyl groups is 2. The molecule has 4 heteroatoms. The molecule has 0 radical (unpaired) electrons. The third-order valence-electron chi connectivity index (χ3n) is 1.77. The van der Waals surface area contributed by atoms with Gasteiger partial charge in [0.15, 0.2) is 6.29 Å². The van der Waals surface area contributed by atoms with Crippen LogP contribution in [0.5, 0.6) is 0 Å². The highest BCUT2D eigenvalue weighted by molar-refractivity contribution is 4.82. The van der Waals surface area contributed by atoms with E-state index in [2.05, 4.69) is 0 Å². The lowest BCUT2D eigenvalue weighted by Gasteiger charge is -2.33. The maximum atomic E-state index is 9.20. The van der Waals surface area contributed by atoms with E-state index in [0.29, 0.717) is 6.42 Å². The maximum Gasteiger partial charge on any atom is 0.156 e. The van der Waals surface area contributed by atoms with Gasteiger partial charge in [-0.15, -0.1) is 0 Å². The highest BCUT2D eigenvalue weighted by Crippen LogP contribution is 2.16. The van der Waals surface area contributed by atoms with E-state index in [-0.39, 0.29) is 12.1 Å². The van der Waals surface area contributed by atoms with Gasteiger partial charge in [0.05, 0.1) is 12.2 Å². The Labute approximate surface area is 59.6 Å². The van der Waals surface area contributed by atoms with Gasteiger partial charge in [-0.1, -0.05) is 0 Å². The zero-order valence-corrected chi connectivity index (χ0v) is 5.90. The fraction of sp³-hybridized carbons (Fsp3) is 1.00. The largest absolute Gasteiger partial charge is 0.389 e. The Morgan fingerprint density at radius 2 is 2.10 bits per heavy atom. The van der Waals surface area contributed by atoms with Crippen molar-refractivity contribution in [2.45, 2.75) is 37.9 Å². The molecule has 10 heavy (non-hydrogen) atoms. The van der Waals surface area contributed by atoms with Gasteiger partial charge in [0.2, 0.25) is 0 Å². The van der Waals surface area contributed by atoms with E-state index in [0.717, 1.165) is 0 Å². The first-order valence-corrected chi connectivity index (χ1v) is 3.38. The highest BCUT2D eigenvalue weighted by Gasteiger charge is 2.31. The van der Waals surface area contributed by atoms with Crippen molar-refractivity contribution >= 4 is 0 Å². The topological polar surface area (TPSA) is 75.7 Å². The van der Waals surface area contributed by atoms with Crippen molar-refractivity contribution in [2.75, 3.05) is 0 Å². The molecule has 0 aromatic carbocycles. The molecular weight excluding hydrogens is 134 g/mol. The average Bonchev–Trinajstić information content (AvgIpc) is 1.82. The van der Waals surface area contributed by atoms with E-state index >= 15 is 0 Å². The molecule has 1 heterocycles. The summed E-state index contributed by atoms with van der Waals surface area (Å²) in [6, 6.07) is -0.362. The van der Waals surface area contributed by atoms with Crippen molar-refractivity contribution in [1.29, 1.82) is 0 Å². The minimum Gasteiger partial charge on any atom is -0.389 e. The Kier molecular flexibility index (Phi) is 2.25. The minimum absolute atomic E-state index is 0.311. The predicted octanol–water partition coefficient (Wildman–Crippen LogP) is -1.20. The van der Waals surface area contributed by atoms with Crippen LogP contribution in [0, 0.1) is 0 Å². The van der Waals surface area contributed by atoms with Crippen LogP contribution in [0.15, 0.2) is 0 Å². The summed E-state index contributed by atoms with van der Waals surface area (Å²) in [5.74, 6) is 0. The number of nitrogens with two attached hydrogens (primary N) is 1. The third-order valence-corrected chi connectivity index (χ3v) is 1.77. The van der Waals surface area contributed by atoms with Crippen LogP contribution in [0.1, 0.15) is 13.3 Å². The van der Waals surface area contributed by atoms with Gasteiger partial charge in [0.1, 0.15) is 0 Å². The van der Waals surface area contributed by atoms with Crippen molar-refractivity contribution in [2.24, 2.45) is 5.73 Å². The first kappa shape index (κ1) is 7.94. The number of hydrogen-bond donors (Lipinski definition) is 3. The zero-order chi connectivity index (χ0) is 7.72. The van der Waals surface area contributed by atoms with E-state index in [9.17, 15) is 5.11 Å². The minimum atomic E-state index is -0.812. The molecule has 0 amide bonds. The zero-order valence-electron chi connectivity index (χ0n) is 5.90. The molecule has 1 saturated heterocycles. The van der Waals surface area contributed by atoms with Gasteiger partial charge in [-0.05, 0) is 6.92 Å². The lowest BCUT2D eigenvalue weighted by atomic mass is 10.0. The normalized spacial score (nSPS) is 49.2. The fourth-order valence-electron chi connectivity index (χ4n) is 1.10. The van der Waals surface area contributed by atoms with Gasteiger partial charge < -0.3 is 20.7 Å². The Bertz CT molecular complexity index is 108. The molecule has 1 fully saturated rings. The van der Waals surface area contributed by atoms with Crippen LogP contribution in [0.4, 0.5) is 0 Å². The SMILES string of the molecule is C[C@@H]1O[C@@H](O)C[C@H](N)[C@@H]1O. The van der Waals surface area contributed by atoms with Crippen molar-refractivity contribution in [3.63, 3.8) is 0 Å². The molecule has 1 rings (SSSR count). The molecule has 0 spiro atoms. The van der Waals surface area contributed by atoms with Crippen molar-refractivity contribution in [3.8, 4) is 0 Å². The van der Waals surface area contributed by atoms with Crippen molar-refractivity contribution in [3.05, 3.63) is 0 Å². The van der Waals surface area contributed by atoms with Crippen LogP contribution in [-0.2, 0) is 4.74 Å². The molecule has 0 aromatic rings. The Hall–Kier alpha value is -0.160. The van der Waals surface area contributed by atoms with Gasteiger partial charge in [-0.25, -0.2) is 0 Å². The first-order valence-electron chi connectivity index (χ1n) is 3.38. The molecule has 0 saturated carbocycles. The van der Waals surface area contributed by atoms with Crippen LogP contribution in [0.25, 0.3) is 0 Å². The monoisotopic (exact) mass is 147 g/mol. The molecular formula is C6H13NO3. The number of aliphatic hydroxyl groups excluding tert-OH is 2. The molecule has 0 aliphatic carbocycles. The summed E-state index contributed by atoms with van der Waals surface area (Å²) >= 11 is 0. The Morgan fingerprint density at radius 3 is 2.60 bits per heavy atom. The van der Waals surface area contributed by atoms with Crippen LogP contribution in [0.2, 0.25) is 0 Å². The standard InChI is InChI=1S/C6H13NO3/c1-3-6(9)4(7)2-5(8)10-3/h3-6,8-9H,2,7H2,1H3/t3-,4-,5+,6+/m0/s1. The second-order valence-electron chi connectivity index (χ2n) is 2.69. The maximum absolute atomic E-state index is 9.20. The summed E-state index contributed by atoms with van der Waals surface area (Å²) in [6.45, 7) is 1.69. The van der Waals surface area contributed by atoms with E-state index in [1.54, 1.807) is 6.92 Å². The van der Waals surface area contributed by atoms with Crippen LogP contribution >= 0.6 is 0 Å². The molecule has 1 aliphatic heterocycles. The molecule has 1 aliphatic rings. The second-order valence-corrected chi connectivity index (χ2v) is 2.69.